The van der Waals surface area contributed by atoms with Crippen molar-refractivity contribution in [3.05, 3.63) is 11.6 Å². The normalized spacial score (nSPS) is 17.9. The first-order valence-corrected chi connectivity index (χ1v) is 4.74. The van der Waals surface area contributed by atoms with Crippen LogP contribution in [-0.2, 0) is 19.3 Å². The van der Waals surface area contributed by atoms with Crippen molar-refractivity contribution in [2.75, 3.05) is 13.1 Å². The first kappa shape index (κ1) is 10.4. The molecule has 7 heteroatoms. The number of rotatable bonds is 1. The molecule has 0 amide bonds. The summed E-state index contributed by atoms with van der Waals surface area (Å²) in [5.74, 6) is -0.633. The quantitative estimate of drug-likeness (QED) is 0.711. The first-order valence-electron chi connectivity index (χ1n) is 4.74. The maximum absolute atomic E-state index is 12.3. The van der Waals surface area contributed by atoms with E-state index in [4.69, 9.17) is 0 Å². The standard InChI is InChI=1S/C8H11F3N4/c1-2-14-3-4-15-6(5-14)12-7(13-15)8(9,10)11/h2-5H2,1H3. The van der Waals surface area contributed by atoms with Gasteiger partial charge in [-0.25, -0.2) is 9.67 Å². The van der Waals surface area contributed by atoms with E-state index in [9.17, 15) is 13.2 Å². The lowest BCUT2D eigenvalue weighted by atomic mass is 10.4. The van der Waals surface area contributed by atoms with Crippen LogP contribution in [-0.4, -0.2) is 32.8 Å². The second-order valence-electron chi connectivity index (χ2n) is 3.44. The fourth-order valence-corrected chi connectivity index (χ4v) is 1.58. The molecule has 0 radical (unpaired) electrons. The van der Waals surface area contributed by atoms with Crippen molar-refractivity contribution < 1.29 is 13.2 Å². The van der Waals surface area contributed by atoms with Crippen LogP contribution in [0.15, 0.2) is 0 Å². The largest absolute Gasteiger partial charge is 0.453 e. The molecular formula is C8H11F3N4. The fourth-order valence-electron chi connectivity index (χ4n) is 1.58. The molecule has 2 heterocycles. The Labute approximate surface area is 84.7 Å². The fraction of sp³-hybridized carbons (Fsp3) is 0.750. The number of halogens is 3. The van der Waals surface area contributed by atoms with Crippen molar-refractivity contribution in [2.24, 2.45) is 0 Å². The van der Waals surface area contributed by atoms with E-state index in [0.717, 1.165) is 13.1 Å². The lowest BCUT2D eigenvalue weighted by molar-refractivity contribution is -0.145. The Balaban J connectivity index is 2.26. The molecule has 0 aliphatic carbocycles. The Kier molecular flexibility index (Phi) is 2.41. The third-order valence-corrected chi connectivity index (χ3v) is 2.44. The summed E-state index contributed by atoms with van der Waals surface area (Å²) in [5.41, 5.74) is 0. The predicted molar refractivity (Wildman–Crippen MR) is 46.0 cm³/mol. The summed E-state index contributed by atoms with van der Waals surface area (Å²) in [4.78, 5) is 5.54. The van der Waals surface area contributed by atoms with Gasteiger partial charge in [0.2, 0.25) is 0 Å². The molecule has 0 saturated carbocycles. The molecule has 15 heavy (non-hydrogen) atoms. The highest BCUT2D eigenvalue weighted by molar-refractivity contribution is 4.98. The smallest absolute Gasteiger partial charge is 0.294 e. The van der Waals surface area contributed by atoms with Crippen LogP contribution in [0.25, 0.3) is 0 Å². The summed E-state index contributed by atoms with van der Waals surface area (Å²) in [6.45, 7) is 4.43. The topological polar surface area (TPSA) is 34.0 Å². The van der Waals surface area contributed by atoms with E-state index in [1.807, 2.05) is 11.8 Å². The highest BCUT2D eigenvalue weighted by Crippen LogP contribution is 2.27. The molecule has 0 bridgehead atoms. The van der Waals surface area contributed by atoms with Crippen LogP contribution in [0, 0.1) is 0 Å². The molecule has 1 aromatic heterocycles. The molecule has 0 unspecified atom stereocenters. The number of nitrogens with zero attached hydrogens (tertiary/aromatic N) is 4. The minimum absolute atomic E-state index is 0.399. The summed E-state index contributed by atoms with van der Waals surface area (Å²) in [6.07, 6.45) is -4.44. The molecule has 0 spiro atoms. The summed E-state index contributed by atoms with van der Waals surface area (Å²) < 4.78 is 38.2. The van der Waals surface area contributed by atoms with Gasteiger partial charge < -0.3 is 0 Å². The van der Waals surface area contributed by atoms with Crippen LogP contribution in [0.3, 0.4) is 0 Å². The molecule has 0 N–H and O–H groups in total. The maximum Gasteiger partial charge on any atom is 0.453 e. The second kappa shape index (κ2) is 3.48. The molecule has 0 aromatic carbocycles. The van der Waals surface area contributed by atoms with Gasteiger partial charge in [0.1, 0.15) is 5.82 Å². The van der Waals surface area contributed by atoms with Gasteiger partial charge in [-0.2, -0.15) is 13.2 Å². The molecule has 4 nitrogen and oxygen atoms in total. The second-order valence-corrected chi connectivity index (χ2v) is 3.44. The number of likely N-dealkylation sites (N-methyl/N-ethyl adjacent to an activating group) is 1. The van der Waals surface area contributed by atoms with Crippen molar-refractivity contribution in [1.82, 2.24) is 19.7 Å². The Bertz CT molecular complexity index is 357. The van der Waals surface area contributed by atoms with Crippen molar-refractivity contribution in [1.29, 1.82) is 0 Å². The number of hydrogen-bond acceptors (Lipinski definition) is 3. The van der Waals surface area contributed by atoms with Gasteiger partial charge in [-0.3, -0.25) is 4.90 Å². The van der Waals surface area contributed by atoms with Crippen LogP contribution >= 0.6 is 0 Å². The summed E-state index contributed by atoms with van der Waals surface area (Å²) in [5, 5.41) is 3.44. The van der Waals surface area contributed by atoms with Gasteiger partial charge in [0.25, 0.3) is 5.82 Å². The molecular weight excluding hydrogens is 209 g/mol. The third kappa shape index (κ3) is 1.97. The molecule has 1 aliphatic rings. The average molecular weight is 220 g/mol. The van der Waals surface area contributed by atoms with E-state index in [1.54, 1.807) is 0 Å². The van der Waals surface area contributed by atoms with Crippen LogP contribution in [0.5, 0.6) is 0 Å². The van der Waals surface area contributed by atoms with Gasteiger partial charge in [-0.15, -0.1) is 5.10 Å². The van der Waals surface area contributed by atoms with Crippen LogP contribution < -0.4 is 0 Å². The minimum Gasteiger partial charge on any atom is -0.294 e. The van der Waals surface area contributed by atoms with E-state index in [2.05, 4.69) is 10.1 Å². The Morgan fingerprint density at radius 2 is 2.07 bits per heavy atom. The van der Waals surface area contributed by atoms with E-state index in [1.165, 1.54) is 4.68 Å². The molecule has 84 valence electrons. The van der Waals surface area contributed by atoms with Crippen molar-refractivity contribution in [3.63, 3.8) is 0 Å². The van der Waals surface area contributed by atoms with Crippen molar-refractivity contribution >= 4 is 0 Å². The van der Waals surface area contributed by atoms with Crippen LogP contribution in [0.4, 0.5) is 13.2 Å². The summed E-state index contributed by atoms with van der Waals surface area (Å²) >= 11 is 0. The molecule has 0 fully saturated rings. The highest BCUT2D eigenvalue weighted by atomic mass is 19.4. The number of fused-ring (bicyclic) bond motifs is 1. The lowest BCUT2D eigenvalue weighted by Crippen LogP contribution is -2.33. The molecule has 0 saturated heterocycles. The SMILES string of the molecule is CCN1CCn2nc(C(F)(F)F)nc2C1. The Hall–Kier alpha value is -1.11. The number of hydrogen-bond donors (Lipinski definition) is 0. The van der Waals surface area contributed by atoms with Gasteiger partial charge in [0.15, 0.2) is 0 Å². The van der Waals surface area contributed by atoms with Crippen LogP contribution in [0.2, 0.25) is 0 Å². The van der Waals surface area contributed by atoms with Gasteiger partial charge in [-0.05, 0) is 6.54 Å². The maximum atomic E-state index is 12.3. The Morgan fingerprint density at radius 3 is 2.67 bits per heavy atom. The Morgan fingerprint density at radius 1 is 1.33 bits per heavy atom. The number of alkyl halides is 3. The van der Waals surface area contributed by atoms with E-state index in [-0.39, 0.29) is 0 Å². The monoisotopic (exact) mass is 220 g/mol. The van der Waals surface area contributed by atoms with Gasteiger partial charge in [-0.1, -0.05) is 6.92 Å². The molecule has 2 rings (SSSR count). The van der Waals surface area contributed by atoms with Gasteiger partial charge in [0.05, 0.1) is 13.1 Å². The van der Waals surface area contributed by atoms with Gasteiger partial charge >= 0.3 is 6.18 Å². The van der Waals surface area contributed by atoms with E-state index < -0.39 is 12.0 Å². The zero-order valence-corrected chi connectivity index (χ0v) is 8.25. The zero-order valence-electron chi connectivity index (χ0n) is 8.25. The molecule has 0 atom stereocenters. The predicted octanol–water partition coefficient (Wildman–Crippen LogP) is 1.13. The third-order valence-electron chi connectivity index (χ3n) is 2.44. The van der Waals surface area contributed by atoms with Crippen molar-refractivity contribution in [3.8, 4) is 0 Å². The van der Waals surface area contributed by atoms with Crippen molar-refractivity contribution in [2.45, 2.75) is 26.2 Å². The van der Waals surface area contributed by atoms with E-state index in [0.29, 0.717) is 18.9 Å². The lowest BCUT2D eigenvalue weighted by Gasteiger charge is -2.24. The molecule has 1 aliphatic heterocycles. The van der Waals surface area contributed by atoms with E-state index >= 15 is 0 Å². The first-order chi connectivity index (χ1) is 7.00. The van der Waals surface area contributed by atoms with Gasteiger partial charge in [0, 0.05) is 6.54 Å². The number of aromatic nitrogens is 3. The molecule has 1 aromatic rings. The summed E-state index contributed by atoms with van der Waals surface area (Å²) in [7, 11) is 0. The minimum atomic E-state index is -4.44. The zero-order chi connectivity index (χ0) is 11.1. The highest BCUT2D eigenvalue weighted by Gasteiger charge is 2.37. The average Bonchev–Trinajstić information content (AvgIpc) is 2.59. The summed E-state index contributed by atoms with van der Waals surface area (Å²) in [6, 6.07) is 0. The van der Waals surface area contributed by atoms with Crippen LogP contribution in [0.1, 0.15) is 18.6 Å².